The lowest BCUT2D eigenvalue weighted by atomic mass is 9.94. The molecule has 0 heterocycles. The molecule has 1 aliphatic carbocycles. The van der Waals surface area contributed by atoms with Crippen LogP contribution in [0.5, 0.6) is 0 Å². The highest BCUT2D eigenvalue weighted by atomic mass is 16.5. The van der Waals surface area contributed by atoms with Gasteiger partial charge in [-0.25, -0.2) is 0 Å². The average molecular weight is 319 g/mol. The number of likely N-dealkylation sites (N-methyl/N-ethyl adjacent to an activating group) is 1. The maximum absolute atomic E-state index is 10.4. The van der Waals surface area contributed by atoms with E-state index in [1.165, 1.54) is 37.7 Å². The average Bonchev–Trinajstić information content (AvgIpc) is 2.62. The number of nitrogens with zero attached hydrogens (tertiary/aromatic N) is 1. The Labute approximate surface area is 141 Å². The Kier molecular flexibility index (Phi) is 8.07. The molecule has 0 aliphatic heterocycles. The van der Waals surface area contributed by atoms with Gasteiger partial charge in [0.05, 0.1) is 18.8 Å². The summed E-state index contributed by atoms with van der Waals surface area (Å²) in [6.07, 6.45) is 7.20. The minimum absolute atomic E-state index is 0.0793. The van der Waals surface area contributed by atoms with E-state index in [-0.39, 0.29) is 6.10 Å². The summed E-state index contributed by atoms with van der Waals surface area (Å²) in [5, 5.41) is 10.4. The third kappa shape index (κ3) is 5.91. The topological polar surface area (TPSA) is 32.7 Å². The van der Waals surface area contributed by atoms with Crippen molar-refractivity contribution in [3.8, 4) is 0 Å². The van der Waals surface area contributed by atoms with Crippen LogP contribution in [0.25, 0.3) is 0 Å². The van der Waals surface area contributed by atoms with E-state index in [0.717, 1.165) is 19.5 Å². The second-order valence-electron chi connectivity index (χ2n) is 6.67. The summed E-state index contributed by atoms with van der Waals surface area (Å²) in [6.45, 7) is 6.48. The molecule has 1 N–H and O–H groups in total. The Morgan fingerprint density at radius 2 is 1.83 bits per heavy atom. The van der Waals surface area contributed by atoms with Gasteiger partial charge in [-0.15, -0.1) is 0 Å². The highest BCUT2D eigenvalue weighted by Gasteiger charge is 2.22. The van der Waals surface area contributed by atoms with Gasteiger partial charge in [0.25, 0.3) is 0 Å². The normalized spacial score (nSPS) is 19.0. The van der Waals surface area contributed by atoms with Gasteiger partial charge in [0.2, 0.25) is 0 Å². The van der Waals surface area contributed by atoms with Crippen LogP contribution in [0.1, 0.15) is 64.0 Å². The summed E-state index contributed by atoms with van der Waals surface area (Å²) < 4.78 is 6.00. The quantitative estimate of drug-likeness (QED) is 0.741. The van der Waals surface area contributed by atoms with Crippen molar-refractivity contribution in [1.29, 1.82) is 0 Å². The molecule has 1 aromatic carbocycles. The molecular formula is C20H33NO2. The molecule has 130 valence electrons. The third-order valence-electron chi connectivity index (χ3n) is 4.97. The van der Waals surface area contributed by atoms with Gasteiger partial charge in [-0.3, -0.25) is 4.90 Å². The van der Waals surface area contributed by atoms with E-state index in [4.69, 9.17) is 4.74 Å². The van der Waals surface area contributed by atoms with Gasteiger partial charge >= 0.3 is 0 Å². The lowest BCUT2D eigenvalue weighted by Crippen LogP contribution is -2.42. The number of ether oxygens (including phenoxy) is 1. The summed E-state index contributed by atoms with van der Waals surface area (Å²) in [7, 11) is 0. The van der Waals surface area contributed by atoms with Crippen molar-refractivity contribution in [2.24, 2.45) is 0 Å². The van der Waals surface area contributed by atoms with Gasteiger partial charge in [-0.05, 0) is 31.4 Å². The van der Waals surface area contributed by atoms with E-state index in [1.54, 1.807) is 0 Å². The number of rotatable bonds is 9. The van der Waals surface area contributed by atoms with Crippen LogP contribution in [0.3, 0.4) is 0 Å². The van der Waals surface area contributed by atoms with Gasteiger partial charge in [0.15, 0.2) is 0 Å². The number of aliphatic hydroxyl groups is 1. The second kappa shape index (κ2) is 10.1. The molecule has 0 spiro atoms. The SMILES string of the molecule is CC[C@@H](OC[C@@H](O)CN(CC)C1CCCCC1)c1ccccc1. The lowest BCUT2D eigenvalue weighted by molar-refractivity contribution is -0.0294. The molecule has 0 amide bonds. The number of benzene rings is 1. The zero-order valence-corrected chi connectivity index (χ0v) is 14.8. The summed E-state index contributed by atoms with van der Waals surface area (Å²) in [5.41, 5.74) is 1.20. The van der Waals surface area contributed by atoms with Crippen LogP contribution in [0.2, 0.25) is 0 Å². The van der Waals surface area contributed by atoms with E-state index >= 15 is 0 Å². The number of aliphatic hydroxyl groups excluding tert-OH is 1. The first-order valence-corrected chi connectivity index (χ1v) is 9.33. The molecule has 2 rings (SSSR count). The molecule has 3 nitrogen and oxygen atoms in total. The predicted octanol–water partition coefficient (Wildman–Crippen LogP) is 4.17. The van der Waals surface area contributed by atoms with Crippen LogP contribution < -0.4 is 0 Å². The van der Waals surface area contributed by atoms with Crippen molar-refractivity contribution >= 4 is 0 Å². The molecule has 0 bridgehead atoms. The van der Waals surface area contributed by atoms with Crippen molar-refractivity contribution in [3.05, 3.63) is 35.9 Å². The smallest absolute Gasteiger partial charge is 0.0900 e. The first-order chi connectivity index (χ1) is 11.2. The van der Waals surface area contributed by atoms with E-state index in [9.17, 15) is 5.11 Å². The van der Waals surface area contributed by atoms with Gasteiger partial charge in [-0.1, -0.05) is 63.4 Å². The third-order valence-corrected chi connectivity index (χ3v) is 4.97. The van der Waals surface area contributed by atoms with Gasteiger partial charge in [0.1, 0.15) is 0 Å². The van der Waals surface area contributed by atoms with Crippen LogP contribution in [0.15, 0.2) is 30.3 Å². The van der Waals surface area contributed by atoms with Crippen LogP contribution in [0.4, 0.5) is 0 Å². The fourth-order valence-electron chi connectivity index (χ4n) is 3.65. The summed E-state index contributed by atoms with van der Waals surface area (Å²) in [4.78, 5) is 2.44. The molecule has 0 radical (unpaired) electrons. The molecule has 1 fully saturated rings. The summed E-state index contributed by atoms with van der Waals surface area (Å²) in [6, 6.07) is 11.0. The molecule has 2 atom stereocenters. The summed E-state index contributed by atoms with van der Waals surface area (Å²) >= 11 is 0. The highest BCUT2D eigenvalue weighted by Crippen LogP contribution is 2.23. The molecule has 3 heteroatoms. The monoisotopic (exact) mass is 319 g/mol. The van der Waals surface area contributed by atoms with Crippen LogP contribution in [-0.4, -0.2) is 41.8 Å². The molecule has 0 saturated heterocycles. The molecule has 1 aliphatic rings. The zero-order valence-electron chi connectivity index (χ0n) is 14.8. The Morgan fingerprint density at radius 1 is 1.13 bits per heavy atom. The molecule has 0 aromatic heterocycles. The maximum Gasteiger partial charge on any atom is 0.0900 e. The van der Waals surface area contributed by atoms with Crippen molar-refractivity contribution < 1.29 is 9.84 Å². The van der Waals surface area contributed by atoms with Crippen LogP contribution >= 0.6 is 0 Å². The largest absolute Gasteiger partial charge is 0.389 e. The van der Waals surface area contributed by atoms with Crippen molar-refractivity contribution in [3.63, 3.8) is 0 Å². The van der Waals surface area contributed by atoms with E-state index in [1.807, 2.05) is 18.2 Å². The minimum Gasteiger partial charge on any atom is -0.389 e. The Balaban J connectivity index is 1.79. The van der Waals surface area contributed by atoms with E-state index in [2.05, 4.69) is 30.9 Å². The Morgan fingerprint density at radius 3 is 2.43 bits per heavy atom. The first kappa shape index (κ1) is 18.4. The van der Waals surface area contributed by atoms with Gasteiger partial charge < -0.3 is 9.84 Å². The maximum atomic E-state index is 10.4. The van der Waals surface area contributed by atoms with Crippen molar-refractivity contribution in [1.82, 2.24) is 4.90 Å². The van der Waals surface area contributed by atoms with Gasteiger partial charge in [-0.2, -0.15) is 0 Å². The Bertz CT molecular complexity index is 417. The number of hydrogen-bond donors (Lipinski definition) is 1. The molecule has 1 saturated carbocycles. The first-order valence-electron chi connectivity index (χ1n) is 9.33. The van der Waals surface area contributed by atoms with Crippen molar-refractivity contribution in [2.45, 2.75) is 70.6 Å². The minimum atomic E-state index is -0.408. The fraction of sp³-hybridized carbons (Fsp3) is 0.700. The second-order valence-corrected chi connectivity index (χ2v) is 6.67. The molecule has 1 aromatic rings. The van der Waals surface area contributed by atoms with E-state index < -0.39 is 6.10 Å². The van der Waals surface area contributed by atoms with Crippen LogP contribution in [-0.2, 0) is 4.74 Å². The predicted molar refractivity (Wildman–Crippen MR) is 95.6 cm³/mol. The molecular weight excluding hydrogens is 286 g/mol. The zero-order chi connectivity index (χ0) is 16.5. The number of hydrogen-bond acceptors (Lipinski definition) is 3. The summed E-state index contributed by atoms with van der Waals surface area (Å²) in [5.74, 6) is 0. The highest BCUT2D eigenvalue weighted by molar-refractivity contribution is 5.17. The van der Waals surface area contributed by atoms with Gasteiger partial charge in [0, 0.05) is 12.6 Å². The molecule has 23 heavy (non-hydrogen) atoms. The molecule has 0 unspecified atom stereocenters. The fourth-order valence-corrected chi connectivity index (χ4v) is 3.65. The van der Waals surface area contributed by atoms with E-state index in [0.29, 0.717) is 12.6 Å². The van der Waals surface area contributed by atoms with Crippen LogP contribution in [0, 0.1) is 0 Å². The standard InChI is InChI=1S/C20H33NO2/c1-3-20(17-11-7-5-8-12-17)23-16-19(22)15-21(4-2)18-13-9-6-10-14-18/h5,7-8,11-12,18-20,22H,3-4,6,9-10,13-16H2,1-2H3/t19-,20+/m0/s1. The Hall–Kier alpha value is -0.900. The van der Waals surface area contributed by atoms with Crippen molar-refractivity contribution in [2.75, 3.05) is 19.7 Å². The lowest BCUT2D eigenvalue weighted by Gasteiger charge is -2.35.